The summed E-state index contributed by atoms with van der Waals surface area (Å²) >= 11 is 0. The van der Waals surface area contributed by atoms with Crippen molar-refractivity contribution >= 4 is 11.9 Å². The molecular weight excluding hydrogens is 289 g/mol. The number of carboxylic acids is 1. The van der Waals surface area contributed by atoms with Gasteiger partial charge in [0, 0.05) is 6.61 Å². The van der Waals surface area contributed by atoms with Crippen LogP contribution >= 0.6 is 0 Å². The van der Waals surface area contributed by atoms with Crippen molar-refractivity contribution in [1.82, 2.24) is 5.32 Å². The van der Waals surface area contributed by atoms with E-state index in [1.54, 1.807) is 0 Å². The van der Waals surface area contributed by atoms with Crippen LogP contribution in [0.25, 0.3) is 0 Å². The number of rotatable bonds is 5. The number of carbonyl (C=O) groups excluding carboxylic acids is 1. The van der Waals surface area contributed by atoms with Gasteiger partial charge in [-0.15, -0.1) is 0 Å². The van der Waals surface area contributed by atoms with Crippen LogP contribution in [0.2, 0.25) is 0 Å². The average Bonchev–Trinajstić information content (AvgIpc) is 2.48. The maximum absolute atomic E-state index is 13.0. The highest BCUT2D eigenvalue weighted by Crippen LogP contribution is 2.23. The van der Waals surface area contributed by atoms with Gasteiger partial charge in [0.15, 0.2) is 5.54 Å². The van der Waals surface area contributed by atoms with Gasteiger partial charge in [-0.05, 0) is 43.9 Å². The van der Waals surface area contributed by atoms with Crippen LogP contribution in [-0.2, 0) is 19.9 Å². The Hall–Kier alpha value is -1.95. The molecule has 0 radical (unpaired) electrons. The molecule has 1 aromatic rings. The summed E-state index contributed by atoms with van der Waals surface area (Å²) in [4.78, 5) is 23.7. The Balaban J connectivity index is 2.08. The van der Waals surface area contributed by atoms with Crippen LogP contribution in [0.15, 0.2) is 24.3 Å². The summed E-state index contributed by atoms with van der Waals surface area (Å²) in [7, 11) is 0. The molecule has 0 spiro atoms. The van der Waals surface area contributed by atoms with E-state index in [-0.39, 0.29) is 18.4 Å². The van der Waals surface area contributed by atoms with Crippen LogP contribution in [-0.4, -0.2) is 29.7 Å². The second-order valence-corrected chi connectivity index (χ2v) is 5.68. The Bertz CT molecular complexity index is 540. The fourth-order valence-corrected chi connectivity index (χ4v) is 2.54. The Morgan fingerprint density at radius 3 is 2.59 bits per heavy atom. The van der Waals surface area contributed by atoms with E-state index in [0.717, 1.165) is 19.3 Å². The molecule has 1 aromatic carbocycles. The summed E-state index contributed by atoms with van der Waals surface area (Å²) in [5, 5.41) is 12.0. The van der Waals surface area contributed by atoms with Crippen molar-refractivity contribution in [2.45, 2.75) is 44.2 Å². The molecular formula is C16H20FNO4. The molecule has 5 nitrogen and oxygen atoms in total. The van der Waals surface area contributed by atoms with E-state index >= 15 is 0 Å². The van der Waals surface area contributed by atoms with Gasteiger partial charge in [0.05, 0.1) is 12.5 Å². The minimum atomic E-state index is -1.60. The molecule has 1 amide bonds. The lowest BCUT2D eigenvalue weighted by Crippen LogP contribution is -2.50. The standard InChI is InChI=1S/C16H20FNO4/c1-16(15(20)21,11-5-7-12(17)8-6-11)18-14(19)10-13-4-2-3-9-22-13/h5-8,13H,2-4,9-10H2,1H3,(H,18,19)(H,20,21). The molecule has 1 aliphatic rings. The third-order valence-electron chi connectivity index (χ3n) is 3.93. The van der Waals surface area contributed by atoms with Crippen LogP contribution in [0.5, 0.6) is 0 Å². The lowest BCUT2D eigenvalue weighted by molar-refractivity contribution is -0.148. The Morgan fingerprint density at radius 2 is 2.05 bits per heavy atom. The number of carbonyl (C=O) groups is 2. The van der Waals surface area contributed by atoms with Gasteiger partial charge in [0.25, 0.3) is 0 Å². The molecule has 0 saturated carbocycles. The summed E-state index contributed by atoms with van der Waals surface area (Å²) in [6.45, 7) is 2.02. The molecule has 2 unspecified atom stereocenters. The largest absolute Gasteiger partial charge is 0.479 e. The molecule has 0 bridgehead atoms. The molecule has 6 heteroatoms. The highest BCUT2D eigenvalue weighted by Gasteiger charge is 2.37. The summed E-state index contributed by atoms with van der Waals surface area (Å²) in [6, 6.07) is 5.07. The van der Waals surface area contributed by atoms with Crippen LogP contribution in [0, 0.1) is 5.82 Å². The molecule has 2 N–H and O–H groups in total. The Morgan fingerprint density at radius 1 is 1.36 bits per heavy atom. The number of ether oxygens (including phenoxy) is 1. The molecule has 1 aliphatic heterocycles. The van der Waals surface area contributed by atoms with E-state index in [1.165, 1.54) is 31.2 Å². The number of benzene rings is 1. The van der Waals surface area contributed by atoms with Gasteiger partial charge in [-0.3, -0.25) is 4.79 Å². The first-order chi connectivity index (χ1) is 10.4. The Kier molecular flexibility index (Phi) is 5.13. The Labute approximate surface area is 128 Å². The smallest absolute Gasteiger partial charge is 0.333 e. The molecule has 2 rings (SSSR count). The van der Waals surface area contributed by atoms with Crippen LogP contribution in [0.4, 0.5) is 4.39 Å². The van der Waals surface area contributed by atoms with Crippen molar-refractivity contribution in [2.75, 3.05) is 6.61 Å². The van der Waals surface area contributed by atoms with Gasteiger partial charge in [0.1, 0.15) is 5.82 Å². The van der Waals surface area contributed by atoms with Crippen molar-refractivity contribution in [3.8, 4) is 0 Å². The summed E-state index contributed by atoms with van der Waals surface area (Å²) < 4.78 is 18.5. The first kappa shape index (κ1) is 16.4. The van der Waals surface area contributed by atoms with Gasteiger partial charge in [-0.25, -0.2) is 9.18 Å². The van der Waals surface area contributed by atoms with Crippen LogP contribution in [0.1, 0.15) is 38.2 Å². The minimum Gasteiger partial charge on any atom is -0.479 e. The lowest BCUT2D eigenvalue weighted by Gasteiger charge is -2.28. The zero-order chi connectivity index (χ0) is 16.2. The zero-order valence-corrected chi connectivity index (χ0v) is 12.5. The summed E-state index contributed by atoms with van der Waals surface area (Å²) in [5.41, 5.74) is -1.28. The van der Waals surface area contributed by atoms with Gasteiger partial charge in [-0.2, -0.15) is 0 Å². The average molecular weight is 309 g/mol. The molecule has 2 atom stereocenters. The van der Waals surface area contributed by atoms with Gasteiger partial charge in [-0.1, -0.05) is 12.1 Å². The molecule has 0 aliphatic carbocycles. The fourth-order valence-electron chi connectivity index (χ4n) is 2.54. The van der Waals surface area contributed by atoms with Crippen LogP contribution in [0.3, 0.4) is 0 Å². The molecule has 1 fully saturated rings. The van der Waals surface area contributed by atoms with E-state index in [9.17, 15) is 19.1 Å². The third-order valence-corrected chi connectivity index (χ3v) is 3.93. The first-order valence-electron chi connectivity index (χ1n) is 7.34. The van der Waals surface area contributed by atoms with Crippen molar-refractivity contribution in [3.63, 3.8) is 0 Å². The number of aliphatic carboxylic acids is 1. The van der Waals surface area contributed by atoms with Crippen molar-refractivity contribution in [1.29, 1.82) is 0 Å². The monoisotopic (exact) mass is 309 g/mol. The van der Waals surface area contributed by atoms with E-state index < -0.39 is 17.3 Å². The minimum absolute atomic E-state index is 0.129. The maximum atomic E-state index is 13.0. The van der Waals surface area contributed by atoms with Crippen molar-refractivity contribution < 1.29 is 23.8 Å². The molecule has 1 saturated heterocycles. The SMILES string of the molecule is CC(NC(=O)CC1CCCCO1)(C(=O)O)c1ccc(F)cc1. The maximum Gasteiger partial charge on any atom is 0.333 e. The number of hydrogen-bond acceptors (Lipinski definition) is 3. The van der Waals surface area contributed by atoms with Gasteiger partial charge >= 0.3 is 5.97 Å². The van der Waals surface area contributed by atoms with E-state index in [2.05, 4.69) is 5.32 Å². The number of carboxylic acid groups (broad SMARTS) is 1. The number of nitrogens with one attached hydrogen (secondary N) is 1. The summed E-state index contributed by atoms with van der Waals surface area (Å²) in [5.74, 6) is -2.04. The van der Waals surface area contributed by atoms with E-state index in [0.29, 0.717) is 12.2 Å². The molecule has 0 aromatic heterocycles. The lowest BCUT2D eigenvalue weighted by atomic mass is 9.91. The number of amides is 1. The second-order valence-electron chi connectivity index (χ2n) is 5.68. The highest BCUT2D eigenvalue weighted by molar-refractivity contribution is 5.88. The van der Waals surface area contributed by atoms with Crippen LogP contribution < -0.4 is 5.32 Å². The normalized spacial score (nSPS) is 20.9. The van der Waals surface area contributed by atoms with Crippen molar-refractivity contribution in [2.24, 2.45) is 0 Å². The molecule has 120 valence electrons. The highest BCUT2D eigenvalue weighted by atomic mass is 19.1. The van der Waals surface area contributed by atoms with E-state index in [4.69, 9.17) is 4.74 Å². The third kappa shape index (κ3) is 3.82. The second kappa shape index (κ2) is 6.87. The van der Waals surface area contributed by atoms with Crippen molar-refractivity contribution in [3.05, 3.63) is 35.6 Å². The van der Waals surface area contributed by atoms with Gasteiger partial charge in [0.2, 0.25) is 5.91 Å². The number of halogens is 1. The fraction of sp³-hybridized carbons (Fsp3) is 0.500. The zero-order valence-electron chi connectivity index (χ0n) is 12.5. The quantitative estimate of drug-likeness (QED) is 0.874. The topological polar surface area (TPSA) is 75.6 Å². The molecule has 22 heavy (non-hydrogen) atoms. The predicted molar refractivity (Wildman–Crippen MR) is 77.7 cm³/mol. The predicted octanol–water partition coefficient (Wildman–Crippen LogP) is 2.20. The first-order valence-corrected chi connectivity index (χ1v) is 7.34. The summed E-state index contributed by atoms with van der Waals surface area (Å²) in [6.07, 6.45) is 2.75. The molecule has 1 heterocycles. The number of hydrogen-bond donors (Lipinski definition) is 2. The van der Waals surface area contributed by atoms with E-state index in [1.807, 2.05) is 0 Å². The van der Waals surface area contributed by atoms with Gasteiger partial charge < -0.3 is 15.2 Å².